The summed E-state index contributed by atoms with van der Waals surface area (Å²) in [6, 6.07) is 23.4. The SMILES string of the molecule is Cc1[nH]nc2ccc(-c3cc(N[C@@H](CO)c4ccccc4)cnc3-c3cc(C(C)C)ccc3O)cc12. The van der Waals surface area contributed by atoms with Crippen LogP contribution >= 0.6 is 0 Å². The number of nitrogens with zero attached hydrogens (tertiary/aromatic N) is 2. The van der Waals surface area contributed by atoms with Gasteiger partial charge in [-0.3, -0.25) is 10.1 Å². The topological polar surface area (TPSA) is 94.1 Å². The van der Waals surface area contributed by atoms with Gasteiger partial charge in [-0.25, -0.2) is 0 Å². The van der Waals surface area contributed by atoms with Gasteiger partial charge in [-0.15, -0.1) is 0 Å². The summed E-state index contributed by atoms with van der Waals surface area (Å²) in [4.78, 5) is 4.83. The molecule has 36 heavy (non-hydrogen) atoms. The molecule has 1 atom stereocenters. The molecule has 0 saturated carbocycles. The summed E-state index contributed by atoms with van der Waals surface area (Å²) in [6.07, 6.45) is 1.76. The van der Waals surface area contributed by atoms with E-state index in [2.05, 4.69) is 35.4 Å². The third-order valence-electron chi connectivity index (χ3n) is 6.61. The summed E-state index contributed by atoms with van der Waals surface area (Å²) in [5, 5.41) is 32.8. The number of hydrogen-bond donors (Lipinski definition) is 4. The number of aliphatic hydroxyl groups excluding tert-OH is 1. The molecule has 4 N–H and O–H groups in total. The molecule has 0 amide bonds. The first-order chi connectivity index (χ1) is 17.4. The van der Waals surface area contributed by atoms with E-state index in [1.54, 1.807) is 12.3 Å². The van der Waals surface area contributed by atoms with Crippen molar-refractivity contribution >= 4 is 16.6 Å². The van der Waals surface area contributed by atoms with E-state index in [-0.39, 0.29) is 18.4 Å². The number of nitrogens with one attached hydrogen (secondary N) is 2. The molecule has 0 bridgehead atoms. The Bertz CT molecular complexity index is 1510. The first-order valence-corrected chi connectivity index (χ1v) is 12.2. The number of rotatable bonds is 7. The summed E-state index contributed by atoms with van der Waals surface area (Å²) in [5.41, 5.74) is 8.01. The van der Waals surface area contributed by atoms with E-state index in [1.165, 1.54) is 0 Å². The first kappa shape index (κ1) is 23.6. The maximum absolute atomic E-state index is 10.8. The number of aromatic amines is 1. The van der Waals surface area contributed by atoms with Gasteiger partial charge in [-0.1, -0.05) is 56.3 Å². The third kappa shape index (κ3) is 4.55. The zero-order valence-electron chi connectivity index (χ0n) is 20.7. The molecule has 3 aromatic carbocycles. The van der Waals surface area contributed by atoms with E-state index in [9.17, 15) is 10.2 Å². The van der Waals surface area contributed by atoms with Gasteiger partial charge in [-0.05, 0) is 59.9 Å². The molecule has 0 radical (unpaired) electrons. The van der Waals surface area contributed by atoms with E-state index < -0.39 is 0 Å². The molecule has 0 fully saturated rings. The van der Waals surface area contributed by atoms with Crippen LogP contribution in [0.4, 0.5) is 5.69 Å². The van der Waals surface area contributed by atoms with Gasteiger partial charge in [0.15, 0.2) is 0 Å². The second-order valence-electron chi connectivity index (χ2n) is 9.42. The van der Waals surface area contributed by atoms with Crippen molar-refractivity contribution in [1.82, 2.24) is 15.2 Å². The van der Waals surface area contributed by atoms with Gasteiger partial charge in [0.25, 0.3) is 0 Å². The van der Waals surface area contributed by atoms with Gasteiger partial charge in [-0.2, -0.15) is 5.10 Å². The molecule has 0 saturated heterocycles. The number of benzene rings is 3. The lowest BCUT2D eigenvalue weighted by Crippen LogP contribution is -2.15. The quantitative estimate of drug-likeness (QED) is 0.212. The minimum absolute atomic E-state index is 0.0571. The summed E-state index contributed by atoms with van der Waals surface area (Å²) < 4.78 is 0. The van der Waals surface area contributed by atoms with E-state index in [0.717, 1.165) is 44.5 Å². The second-order valence-corrected chi connectivity index (χ2v) is 9.42. The van der Waals surface area contributed by atoms with Crippen LogP contribution in [0.15, 0.2) is 79.0 Å². The van der Waals surface area contributed by atoms with Crippen LogP contribution in [-0.2, 0) is 0 Å². The van der Waals surface area contributed by atoms with Crippen molar-refractivity contribution in [2.45, 2.75) is 32.7 Å². The Balaban J connectivity index is 1.66. The number of phenols is 1. The number of aromatic nitrogens is 3. The van der Waals surface area contributed by atoms with E-state index in [0.29, 0.717) is 17.2 Å². The maximum Gasteiger partial charge on any atom is 0.125 e. The highest BCUT2D eigenvalue weighted by molar-refractivity contribution is 5.91. The van der Waals surface area contributed by atoms with Gasteiger partial charge in [0.1, 0.15) is 5.75 Å². The van der Waals surface area contributed by atoms with Crippen LogP contribution < -0.4 is 5.32 Å². The molecule has 2 heterocycles. The molecule has 6 nitrogen and oxygen atoms in total. The van der Waals surface area contributed by atoms with Crippen molar-refractivity contribution in [2.75, 3.05) is 11.9 Å². The third-order valence-corrected chi connectivity index (χ3v) is 6.61. The minimum atomic E-state index is -0.275. The highest BCUT2D eigenvalue weighted by atomic mass is 16.3. The Hall–Kier alpha value is -4.16. The predicted molar refractivity (Wildman–Crippen MR) is 145 cm³/mol. The summed E-state index contributed by atoms with van der Waals surface area (Å²) in [5.74, 6) is 0.502. The van der Waals surface area contributed by atoms with Gasteiger partial charge >= 0.3 is 0 Å². The van der Waals surface area contributed by atoms with Gasteiger partial charge in [0, 0.05) is 22.2 Å². The lowest BCUT2D eigenvalue weighted by molar-refractivity contribution is 0.276. The van der Waals surface area contributed by atoms with E-state index in [4.69, 9.17) is 4.98 Å². The number of aryl methyl sites for hydroxylation is 1. The molecule has 2 aromatic heterocycles. The highest BCUT2D eigenvalue weighted by Crippen LogP contribution is 2.39. The molecule has 0 aliphatic rings. The number of anilines is 1. The number of H-pyrrole nitrogens is 1. The molecule has 6 heteroatoms. The van der Waals surface area contributed by atoms with Crippen molar-refractivity contribution in [2.24, 2.45) is 0 Å². The summed E-state index contributed by atoms with van der Waals surface area (Å²) in [6.45, 7) is 6.20. The number of fused-ring (bicyclic) bond motifs is 1. The number of phenolic OH excluding ortho intramolecular Hbond substituents is 1. The molecule has 182 valence electrons. The van der Waals surface area contributed by atoms with Crippen LogP contribution in [0.2, 0.25) is 0 Å². The van der Waals surface area contributed by atoms with E-state index in [1.807, 2.05) is 67.6 Å². The zero-order chi connectivity index (χ0) is 25.2. The Kier molecular flexibility index (Phi) is 6.44. The highest BCUT2D eigenvalue weighted by Gasteiger charge is 2.18. The van der Waals surface area contributed by atoms with Crippen molar-refractivity contribution in [3.63, 3.8) is 0 Å². The number of aromatic hydroxyl groups is 1. The monoisotopic (exact) mass is 478 g/mol. The fourth-order valence-corrected chi connectivity index (χ4v) is 4.51. The largest absolute Gasteiger partial charge is 0.507 e. The van der Waals surface area contributed by atoms with Gasteiger partial charge in [0.2, 0.25) is 0 Å². The van der Waals surface area contributed by atoms with Crippen molar-refractivity contribution in [3.8, 4) is 28.1 Å². The van der Waals surface area contributed by atoms with Crippen LogP contribution in [0.1, 0.15) is 42.6 Å². The molecule has 0 aliphatic carbocycles. The van der Waals surface area contributed by atoms with Crippen LogP contribution in [0.3, 0.4) is 0 Å². The standard InChI is InChI=1S/C30H30N4O2/c1-18(2)21-10-12-29(36)26(13-21)30-25(22-9-11-27-24(14-22)19(3)33-34-27)15-23(16-31-30)32-28(17-35)20-7-5-4-6-8-20/h4-16,18,28,32,35-36H,17H2,1-3H3,(H,33,34)/t28-/m0/s1. The maximum atomic E-state index is 10.8. The average Bonchev–Trinajstić information content (AvgIpc) is 3.28. The first-order valence-electron chi connectivity index (χ1n) is 12.2. The summed E-state index contributed by atoms with van der Waals surface area (Å²) >= 11 is 0. The molecular weight excluding hydrogens is 448 g/mol. The molecule has 5 rings (SSSR count). The molecule has 0 unspecified atom stereocenters. The number of pyridine rings is 1. The Labute approximate surface area is 210 Å². The van der Waals surface area contributed by atoms with Crippen LogP contribution in [0.5, 0.6) is 5.75 Å². The van der Waals surface area contributed by atoms with Gasteiger partial charge < -0.3 is 15.5 Å². The van der Waals surface area contributed by atoms with E-state index >= 15 is 0 Å². The normalized spacial score (nSPS) is 12.2. The minimum Gasteiger partial charge on any atom is -0.507 e. The van der Waals surface area contributed by atoms with Gasteiger partial charge in [0.05, 0.1) is 35.7 Å². The molecule has 0 aliphatic heterocycles. The lowest BCUT2D eigenvalue weighted by Gasteiger charge is -2.20. The van der Waals surface area contributed by atoms with Crippen LogP contribution in [0.25, 0.3) is 33.3 Å². The zero-order valence-corrected chi connectivity index (χ0v) is 20.7. The Morgan fingerprint density at radius 1 is 0.917 bits per heavy atom. The van der Waals surface area contributed by atoms with Crippen LogP contribution in [0, 0.1) is 6.92 Å². The summed E-state index contributed by atoms with van der Waals surface area (Å²) in [7, 11) is 0. The molecule has 5 aromatic rings. The Morgan fingerprint density at radius 3 is 2.47 bits per heavy atom. The second kappa shape index (κ2) is 9.84. The smallest absolute Gasteiger partial charge is 0.125 e. The Morgan fingerprint density at radius 2 is 1.72 bits per heavy atom. The van der Waals surface area contributed by atoms with Crippen molar-refractivity contribution in [1.29, 1.82) is 0 Å². The predicted octanol–water partition coefficient (Wildman–Crippen LogP) is 6.57. The van der Waals surface area contributed by atoms with Crippen molar-refractivity contribution in [3.05, 3.63) is 95.8 Å². The fourth-order valence-electron chi connectivity index (χ4n) is 4.51. The lowest BCUT2D eigenvalue weighted by atomic mass is 9.94. The number of hydrogen-bond acceptors (Lipinski definition) is 5. The molecular formula is C30H30N4O2. The fraction of sp³-hybridized carbons (Fsp3) is 0.200. The average molecular weight is 479 g/mol. The number of aliphatic hydroxyl groups is 1. The van der Waals surface area contributed by atoms with Crippen LogP contribution in [-0.4, -0.2) is 32.0 Å². The van der Waals surface area contributed by atoms with Crippen molar-refractivity contribution < 1.29 is 10.2 Å². The molecule has 0 spiro atoms.